The number of benzene rings is 3. The van der Waals surface area contributed by atoms with E-state index in [2.05, 4.69) is 0 Å². The van der Waals surface area contributed by atoms with Gasteiger partial charge in [-0.25, -0.2) is 0 Å². The summed E-state index contributed by atoms with van der Waals surface area (Å²) in [6.07, 6.45) is 0. The zero-order valence-corrected chi connectivity index (χ0v) is 17.3. The van der Waals surface area contributed by atoms with Gasteiger partial charge in [0.1, 0.15) is 0 Å². The van der Waals surface area contributed by atoms with Crippen LogP contribution in [0.4, 0.5) is 0 Å². The van der Waals surface area contributed by atoms with Crippen LogP contribution in [0.2, 0.25) is 10.0 Å². The van der Waals surface area contributed by atoms with Gasteiger partial charge in [0, 0.05) is 10.0 Å². The Labute approximate surface area is 164 Å². The quantitative estimate of drug-likeness (QED) is 0.497. The molecule has 3 aromatic carbocycles. The summed E-state index contributed by atoms with van der Waals surface area (Å²) < 4.78 is 32.8. The Morgan fingerprint density at radius 3 is 1.56 bits per heavy atom. The molecule has 3 aromatic rings. The molecule has 25 heavy (non-hydrogen) atoms. The largest absolute Gasteiger partial charge is 0.336 e. The van der Waals surface area contributed by atoms with Crippen molar-refractivity contribution in [3.05, 3.63) is 96.0 Å². The van der Waals surface area contributed by atoms with Gasteiger partial charge in [-0.2, -0.15) is 8.42 Å². The lowest BCUT2D eigenvalue weighted by Crippen LogP contribution is -3.85. The van der Waals surface area contributed by atoms with Crippen LogP contribution in [-0.4, -0.2) is 8.42 Å². The minimum Gasteiger partial charge on any atom is -0.190 e. The molecule has 0 heterocycles. The summed E-state index contributed by atoms with van der Waals surface area (Å²) in [7, 11) is -3.87. The second-order valence-corrected chi connectivity index (χ2v) is 12.3. The average Bonchev–Trinajstić information content (AvgIpc) is 2.62. The van der Waals surface area contributed by atoms with E-state index in [1.165, 1.54) is 12.1 Å². The van der Waals surface area contributed by atoms with Gasteiger partial charge < -0.3 is 0 Å². The predicted molar refractivity (Wildman–Crippen MR) is 95.0 cm³/mol. The van der Waals surface area contributed by atoms with Gasteiger partial charge in [-0.15, -0.1) is 0 Å². The smallest absolute Gasteiger partial charge is 0.190 e. The normalized spacial score (nSPS) is 11.6. The van der Waals surface area contributed by atoms with Crippen molar-refractivity contribution in [1.82, 2.24) is 0 Å². The molecule has 0 aliphatic rings. The molecule has 0 spiro atoms. The lowest BCUT2D eigenvalue weighted by atomic mass is 10.4. The van der Waals surface area contributed by atoms with Gasteiger partial charge in [0.05, 0.1) is 4.90 Å². The predicted octanol–water partition coefficient (Wildman–Crippen LogP) is 1.98. The molecule has 3 nitrogen and oxygen atoms in total. The molecule has 0 saturated heterocycles. The highest BCUT2D eigenvalue weighted by molar-refractivity contribution is 7.86. The molecule has 0 aromatic heterocycles. The SMILES string of the molecule is O=S(=O)(O[I+](c1ccc(Cl)cc1)c1ccc(Cl)cc1)c1ccccc1. The fraction of sp³-hybridized carbons (Fsp3) is 0. The summed E-state index contributed by atoms with van der Waals surface area (Å²) in [5, 5.41) is 1.17. The van der Waals surface area contributed by atoms with Crippen LogP contribution in [0.25, 0.3) is 0 Å². The summed E-state index contributed by atoms with van der Waals surface area (Å²) in [5.41, 5.74) is 0. The molecule has 0 fully saturated rings. The number of hydrogen-bond donors (Lipinski definition) is 0. The van der Waals surface area contributed by atoms with Gasteiger partial charge >= 0.3 is 30.4 Å². The van der Waals surface area contributed by atoms with Crippen molar-refractivity contribution in [1.29, 1.82) is 0 Å². The van der Waals surface area contributed by atoms with Gasteiger partial charge in [-0.05, 0) is 63.2 Å². The maximum absolute atomic E-state index is 12.7. The van der Waals surface area contributed by atoms with Crippen molar-refractivity contribution < 1.29 is 31.2 Å². The molecule has 0 atom stereocenters. The van der Waals surface area contributed by atoms with Crippen molar-refractivity contribution in [3.8, 4) is 0 Å². The van der Waals surface area contributed by atoms with E-state index >= 15 is 0 Å². The Morgan fingerprint density at radius 2 is 1.12 bits per heavy atom. The molecule has 0 amide bonds. The molecule has 0 unspecified atom stereocenters. The van der Waals surface area contributed by atoms with Crippen LogP contribution < -0.4 is 20.2 Å². The molecule has 0 bridgehead atoms. The first-order chi connectivity index (χ1) is 12.0. The Bertz CT molecular complexity index is 898. The highest BCUT2D eigenvalue weighted by Crippen LogP contribution is 2.10. The minimum atomic E-state index is -3.87. The molecule has 0 N–H and O–H groups in total. The van der Waals surface area contributed by atoms with Crippen LogP contribution in [0.1, 0.15) is 0 Å². The van der Waals surface area contributed by atoms with Crippen molar-refractivity contribution in [2.24, 2.45) is 0 Å². The molecule has 1 radical (unpaired) electrons. The topological polar surface area (TPSA) is 43.4 Å². The van der Waals surface area contributed by atoms with E-state index in [0.717, 1.165) is 7.14 Å². The Morgan fingerprint density at radius 1 is 0.680 bits per heavy atom. The van der Waals surface area contributed by atoms with E-state index in [4.69, 9.17) is 25.7 Å². The van der Waals surface area contributed by atoms with E-state index < -0.39 is 30.4 Å². The molecule has 3 rings (SSSR count). The zero-order valence-electron chi connectivity index (χ0n) is 12.8. The molecule has 129 valence electrons. The van der Waals surface area contributed by atoms with Crippen molar-refractivity contribution >= 4 is 33.3 Å². The van der Waals surface area contributed by atoms with Gasteiger partial charge in [-0.3, -0.25) is 0 Å². The van der Waals surface area contributed by atoms with E-state index in [1.54, 1.807) is 42.5 Å². The summed E-state index contributed by atoms with van der Waals surface area (Å²) in [6.45, 7) is 0. The maximum Gasteiger partial charge on any atom is 0.336 e. The van der Waals surface area contributed by atoms with Crippen LogP contribution in [0.3, 0.4) is 0 Å². The van der Waals surface area contributed by atoms with E-state index in [1.807, 2.05) is 24.3 Å². The Balaban J connectivity index is 2.02. The second-order valence-electron chi connectivity index (χ2n) is 4.95. The summed E-state index contributed by atoms with van der Waals surface area (Å²) in [6, 6.07) is 22.3. The lowest BCUT2D eigenvalue weighted by molar-refractivity contribution is -1.03. The van der Waals surface area contributed by atoms with E-state index in [9.17, 15) is 8.42 Å². The van der Waals surface area contributed by atoms with Crippen LogP contribution in [0.5, 0.6) is 0 Å². The number of rotatable bonds is 5. The first kappa shape index (κ1) is 18.7. The fourth-order valence-electron chi connectivity index (χ4n) is 1.99. The van der Waals surface area contributed by atoms with Crippen molar-refractivity contribution in [2.75, 3.05) is 0 Å². The zero-order chi connectivity index (χ0) is 17.9. The van der Waals surface area contributed by atoms with E-state index in [-0.39, 0.29) is 4.90 Å². The van der Waals surface area contributed by atoms with Gasteiger partial charge in [0.2, 0.25) is 0 Å². The van der Waals surface area contributed by atoms with Gasteiger partial charge in [0.15, 0.2) is 7.14 Å². The summed E-state index contributed by atoms with van der Waals surface area (Å²) in [5.74, 6) is 0. The maximum atomic E-state index is 12.7. The highest BCUT2D eigenvalue weighted by atomic mass is 127. The van der Waals surface area contributed by atoms with Crippen LogP contribution in [0, 0.1) is 7.14 Å². The van der Waals surface area contributed by atoms with Crippen molar-refractivity contribution in [3.63, 3.8) is 0 Å². The third-order valence-electron chi connectivity index (χ3n) is 3.18. The fourth-order valence-corrected chi connectivity index (χ4v) is 9.15. The minimum absolute atomic E-state index is 0.139. The third kappa shape index (κ3) is 4.74. The highest BCUT2D eigenvalue weighted by Gasteiger charge is 2.37. The average molecular weight is 507 g/mol. The lowest BCUT2D eigenvalue weighted by Gasteiger charge is -2.06. The first-order valence-electron chi connectivity index (χ1n) is 7.17. The molecular weight excluding hydrogens is 494 g/mol. The number of halogens is 3. The van der Waals surface area contributed by atoms with E-state index in [0.29, 0.717) is 10.0 Å². The Hall–Kier alpha value is -1.12. The molecule has 0 aliphatic carbocycles. The van der Waals surface area contributed by atoms with Crippen LogP contribution in [0.15, 0.2) is 83.8 Å². The third-order valence-corrected chi connectivity index (χ3v) is 11.0. The second kappa shape index (κ2) is 8.05. The monoisotopic (exact) mass is 506 g/mol. The Kier molecular flexibility index (Phi) is 6.01. The molecule has 7 heteroatoms. The van der Waals surface area contributed by atoms with Gasteiger partial charge in [0.25, 0.3) is 0 Å². The van der Waals surface area contributed by atoms with Crippen molar-refractivity contribution in [2.45, 2.75) is 4.90 Å². The molecule has 0 saturated carbocycles. The van der Waals surface area contributed by atoms with Crippen LogP contribution in [-0.2, 0) is 12.6 Å². The first-order valence-corrected chi connectivity index (χ1v) is 12.4. The molecule has 0 aliphatic heterocycles. The number of hydrogen-bond acceptors (Lipinski definition) is 3. The van der Waals surface area contributed by atoms with Gasteiger partial charge in [-0.1, -0.05) is 41.4 Å². The summed E-state index contributed by atoms with van der Waals surface area (Å²) in [4.78, 5) is 0.139. The standard InChI is InChI=1S/C18H13Cl2IO3S/c19-14-6-10-16(11-7-14)21(17-12-8-15(20)9-13-17)24-25(22,23)18-4-2-1-3-5-18/h1-13H/q+1. The molecular formula is C18H13Cl2IO3S+. The summed E-state index contributed by atoms with van der Waals surface area (Å²) >= 11 is 9.20. The van der Waals surface area contributed by atoms with Crippen LogP contribution >= 0.6 is 23.2 Å².